The van der Waals surface area contributed by atoms with Crippen molar-refractivity contribution in [3.63, 3.8) is 0 Å². The van der Waals surface area contributed by atoms with Crippen molar-refractivity contribution in [1.29, 1.82) is 0 Å². The van der Waals surface area contributed by atoms with Gasteiger partial charge in [-0.05, 0) is 22.0 Å². The van der Waals surface area contributed by atoms with Crippen LogP contribution in [0.1, 0.15) is 17.4 Å². The highest BCUT2D eigenvalue weighted by Gasteiger charge is 2.16. The van der Waals surface area contributed by atoms with E-state index >= 15 is 0 Å². The summed E-state index contributed by atoms with van der Waals surface area (Å²) >= 11 is 4.66. The number of hydrogen-bond acceptors (Lipinski definition) is 4. The summed E-state index contributed by atoms with van der Waals surface area (Å²) in [6, 6.07) is 1.72. The number of aliphatic hydroxyl groups excluding tert-OH is 1. The van der Waals surface area contributed by atoms with Crippen LogP contribution in [-0.2, 0) is 0 Å². The SMILES string of the molecule is OC(c1cscn1)c1ccoc1Br. The third-order valence-electron chi connectivity index (χ3n) is 1.67. The van der Waals surface area contributed by atoms with E-state index in [-0.39, 0.29) is 0 Å². The molecule has 0 fully saturated rings. The zero-order valence-corrected chi connectivity index (χ0v) is 8.88. The van der Waals surface area contributed by atoms with Crippen LogP contribution in [0.4, 0.5) is 0 Å². The number of halogens is 1. The van der Waals surface area contributed by atoms with Gasteiger partial charge in [-0.15, -0.1) is 11.3 Å². The zero-order chi connectivity index (χ0) is 9.26. The van der Waals surface area contributed by atoms with Gasteiger partial charge < -0.3 is 9.52 Å². The molecule has 1 N–H and O–H groups in total. The molecule has 2 rings (SSSR count). The van der Waals surface area contributed by atoms with Crippen molar-refractivity contribution in [2.75, 3.05) is 0 Å². The zero-order valence-electron chi connectivity index (χ0n) is 6.48. The molecule has 0 amide bonds. The fraction of sp³-hybridized carbons (Fsp3) is 0.125. The lowest BCUT2D eigenvalue weighted by Crippen LogP contribution is -1.98. The van der Waals surface area contributed by atoms with Crippen molar-refractivity contribution in [2.45, 2.75) is 6.10 Å². The molecule has 0 saturated heterocycles. The quantitative estimate of drug-likeness (QED) is 0.902. The van der Waals surface area contributed by atoms with E-state index in [1.807, 2.05) is 5.38 Å². The van der Waals surface area contributed by atoms with Crippen LogP contribution in [0, 0.1) is 0 Å². The van der Waals surface area contributed by atoms with E-state index in [1.54, 1.807) is 11.6 Å². The lowest BCUT2D eigenvalue weighted by atomic mass is 10.1. The lowest BCUT2D eigenvalue weighted by Gasteiger charge is -2.04. The van der Waals surface area contributed by atoms with Crippen molar-refractivity contribution in [1.82, 2.24) is 4.98 Å². The number of furan rings is 1. The van der Waals surface area contributed by atoms with Crippen LogP contribution >= 0.6 is 27.3 Å². The molecular formula is C8H6BrNO2S. The summed E-state index contributed by atoms with van der Waals surface area (Å²) in [5, 5.41) is 11.6. The Morgan fingerprint density at radius 2 is 2.46 bits per heavy atom. The van der Waals surface area contributed by atoms with Crippen LogP contribution in [0.5, 0.6) is 0 Å². The Morgan fingerprint density at radius 3 is 3.00 bits per heavy atom. The van der Waals surface area contributed by atoms with Gasteiger partial charge in [-0.1, -0.05) is 0 Å². The molecule has 0 spiro atoms. The topological polar surface area (TPSA) is 46.3 Å². The highest BCUT2D eigenvalue weighted by molar-refractivity contribution is 9.10. The van der Waals surface area contributed by atoms with E-state index in [4.69, 9.17) is 4.42 Å². The average Bonchev–Trinajstić information content (AvgIpc) is 2.72. The van der Waals surface area contributed by atoms with Gasteiger partial charge in [0.2, 0.25) is 0 Å². The third kappa shape index (κ3) is 1.67. The van der Waals surface area contributed by atoms with Gasteiger partial charge in [0.05, 0.1) is 17.5 Å². The van der Waals surface area contributed by atoms with Gasteiger partial charge in [0, 0.05) is 10.9 Å². The predicted octanol–water partition coefficient (Wildman–Crippen LogP) is 2.58. The van der Waals surface area contributed by atoms with Crippen molar-refractivity contribution in [2.24, 2.45) is 0 Å². The van der Waals surface area contributed by atoms with E-state index in [0.717, 1.165) is 0 Å². The normalized spacial score (nSPS) is 13.1. The molecule has 13 heavy (non-hydrogen) atoms. The third-order valence-corrected chi connectivity index (χ3v) is 2.92. The van der Waals surface area contributed by atoms with Crippen LogP contribution in [0.2, 0.25) is 0 Å². The molecule has 68 valence electrons. The summed E-state index contributed by atoms with van der Waals surface area (Å²) in [6.45, 7) is 0. The van der Waals surface area contributed by atoms with Crippen molar-refractivity contribution in [3.8, 4) is 0 Å². The molecule has 1 atom stereocenters. The minimum absolute atomic E-state index is 0.549. The summed E-state index contributed by atoms with van der Waals surface area (Å²) in [5.41, 5.74) is 3.03. The first-order valence-electron chi connectivity index (χ1n) is 3.58. The Labute approximate surface area is 87.2 Å². The molecule has 0 aliphatic rings. The molecule has 0 saturated carbocycles. The van der Waals surface area contributed by atoms with Crippen LogP contribution in [0.3, 0.4) is 0 Å². The molecule has 0 radical (unpaired) electrons. The number of nitrogens with zero attached hydrogens (tertiary/aromatic N) is 1. The van der Waals surface area contributed by atoms with Crippen LogP contribution in [-0.4, -0.2) is 10.1 Å². The number of rotatable bonds is 2. The van der Waals surface area contributed by atoms with Crippen LogP contribution in [0.25, 0.3) is 0 Å². The molecule has 1 unspecified atom stereocenters. The highest BCUT2D eigenvalue weighted by Crippen LogP contribution is 2.28. The van der Waals surface area contributed by atoms with Crippen molar-refractivity contribution >= 4 is 27.3 Å². The molecule has 0 aliphatic heterocycles. The molecule has 2 heterocycles. The number of aliphatic hydroxyl groups is 1. The average molecular weight is 260 g/mol. The van der Waals surface area contributed by atoms with Crippen molar-refractivity contribution < 1.29 is 9.52 Å². The largest absolute Gasteiger partial charge is 0.457 e. The first-order chi connectivity index (χ1) is 6.29. The first-order valence-corrected chi connectivity index (χ1v) is 5.31. The second-order valence-corrected chi connectivity index (χ2v) is 3.90. The number of aromatic nitrogens is 1. The van der Waals surface area contributed by atoms with Gasteiger partial charge in [0.1, 0.15) is 6.10 Å². The summed E-state index contributed by atoms with van der Waals surface area (Å²) in [6.07, 6.45) is 0.814. The van der Waals surface area contributed by atoms with E-state index in [9.17, 15) is 5.11 Å². The van der Waals surface area contributed by atoms with Crippen molar-refractivity contribution in [3.05, 3.63) is 39.1 Å². The molecule has 2 aromatic heterocycles. The van der Waals surface area contributed by atoms with E-state index < -0.39 is 6.10 Å². The molecular weight excluding hydrogens is 254 g/mol. The molecule has 0 aromatic carbocycles. The standard InChI is InChI=1S/C8H6BrNO2S/c9-8-5(1-2-12-8)7(11)6-3-13-4-10-6/h1-4,7,11H. The van der Waals surface area contributed by atoms with Gasteiger partial charge in [-0.2, -0.15) is 0 Å². The molecule has 2 aromatic rings. The minimum Gasteiger partial charge on any atom is -0.457 e. The lowest BCUT2D eigenvalue weighted by molar-refractivity contribution is 0.214. The number of thiazole rings is 1. The van der Waals surface area contributed by atoms with E-state index in [1.165, 1.54) is 17.6 Å². The Bertz CT molecular complexity index is 385. The van der Waals surface area contributed by atoms with Gasteiger partial charge in [-0.25, -0.2) is 4.98 Å². The van der Waals surface area contributed by atoms with Crippen LogP contribution < -0.4 is 0 Å². The van der Waals surface area contributed by atoms with E-state index in [2.05, 4.69) is 20.9 Å². The fourth-order valence-corrected chi connectivity index (χ4v) is 2.05. The predicted molar refractivity (Wildman–Crippen MR) is 52.6 cm³/mol. The summed E-state index contributed by atoms with van der Waals surface area (Å²) in [5.74, 6) is 0. The summed E-state index contributed by atoms with van der Waals surface area (Å²) in [7, 11) is 0. The second-order valence-electron chi connectivity index (χ2n) is 2.47. The second kappa shape index (κ2) is 3.61. The Morgan fingerprint density at radius 1 is 1.62 bits per heavy atom. The maximum Gasteiger partial charge on any atom is 0.175 e. The van der Waals surface area contributed by atoms with Gasteiger partial charge in [0.15, 0.2) is 4.67 Å². The van der Waals surface area contributed by atoms with Crippen LogP contribution in [0.15, 0.2) is 32.3 Å². The fourth-order valence-electron chi connectivity index (χ4n) is 1.02. The molecule has 3 nitrogen and oxygen atoms in total. The summed E-state index contributed by atoms with van der Waals surface area (Å²) < 4.78 is 5.57. The van der Waals surface area contributed by atoms with Gasteiger partial charge in [-0.3, -0.25) is 0 Å². The minimum atomic E-state index is -0.709. The van der Waals surface area contributed by atoms with E-state index in [0.29, 0.717) is 15.9 Å². The number of hydrogen-bond donors (Lipinski definition) is 1. The monoisotopic (exact) mass is 259 g/mol. The molecule has 0 bridgehead atoms. The Kier molecular flexibility index (Phi) is 2.48. The maximum absolute atomic E-state index is 9.80. The molecule has 0 aliphatic carbocycles. The molecule has 5 heteroatoms. The smallest absolute Gasteiger partial charge is 0.175 e. The maximum atomic E-state index is 9.80. The van der Waals surface area contributed by atoms with Gasteiger partial charge in [0.25, 0.3) is 0 Å². The first kappa shape index (κ1) is 8.93. The highest BCUT2D eigenvalue weighted by atomic mass is 79.9. The van der Waals surface area contributed by atoms with Gasteiger partial charge >= 0.3 is 0 Å². The Balaban J connectivity index is 2.33. The summed E-state index contributed by atoms with van der Waals surface area (Å²) in [4.78, 5) is 4.02. The Hall–Kier alpha value is -0.650.